The van der Waals surface area contributed by atoms with Crippen LogP contribution in [0.2, 0.25) is 0 Å². The zero-order chi connectivity index (χ0) is 16.4. The Morgan fingerprint density at radius 3 is 2.61 bits per heavy atom. The van der Waals surface area contributed by atoms with Gasteiger partial charge in [-0.25, -0.2) is 0 Å². The van der Waals surface area contributed by atoms with Crippen LogP contribution in [-0.2, 0) is 4.79 Å². The van der Waals surface area contributed by atoms with Gasteiger partial charge in [0.25, 0.3) is 0 Å². The number of benzene rings is 2. The van der Waals surface area contributed by atoms with Crippen molar-refractivity contribution in [1.29, 1.82) is 0 Å². The van der Waals surface area contributed by atoms with E-state index in [-0.39, 0.29) is 11.7 Å². The molecule has 1 atom stereocenters. The molecule has 0 radical (unpaired) electrons. The maximum absolute atomic E-state index is 11.7. The Kier molecular flexibility index (Phi) is 3.98. The Morgan fingerprint density at radius 2 is 1.87 bits per heavy atom. The molecule has 2 N–H and O–H groups in total. The fourth-order valence-electron chi connectivity index (χ4n) is 2.82. The van der Waals surface area contributed by atoms with Gasteiger partial charge in [0.2, 0.25) is 5.91 Å². The summed E-state index contributed by atoms with van der Waals surface area (Å²) in [6, 6.07) is 14.9. The number of nitrogens with zero attached hydrogens (tertiary/aromatic N) is 1. The maximum Gasteiger partial charge on any atom is 0.217 e. The number of carbonyl (C=O) groups excluding carboxylic acids is 1. The highest BCUT2D eigenvalue weighted by atomic mass is 16.3. The largest absolute Gasteiger partial charge is 0.505 e. The summed E-state index contributed by atoms with van der Waals surface area (Å²) in [4.78, 5) is 15.9. The number of fused-ring (bicyclic) bond motifs is 1. The molecule has 0 aliphatic carbocycles. The Bertz CT molecular complexity index is 874. The van der Waals surface area contributed by atoms with Gasteiger partial charge in [-0.05, 0) is 24.1 Å². The number of hydrogen-bond donors (Lipinski definition) is 2. The lowest BCUT2D eigenvalue weighted by molar-refractivity contribution is -0.119. The highest BCUT2D eigenvalue weighted by molar-refractivity contribution is 5.86. The molecule has 1 amide bonds. The summed E-state index contributed by atoms with van der Waals surface area (Å²) in [5.41, 5.74) is 3.18. The third kappa shape index (κ3) is 2.88. The van der Waals surface area contributed by atoms with Crippen molar-refractivity contribution in [2.75, 3.05) is 0 Å². The zero-order valence-electron chi connectivity index (χ0n) is 13.1. The van der Waals surface area contributed by atoms with E-state index in [1.54, 1.807) is 6.20 Å². The van der Waals surface area contributed by atoms with Gasteiger partial charge in [-0.1, -0.05) is 42.5 Å². The number of phenolic OH excluding ortho intramolecular Hbond substituents is 1. The molecule has 0 aliphatic rings. The number of nitrogens with one attached hydrogen (secondary N) is 1. The molecule has 23 heavy (non-hydrogen) atoms. The van der Waals surface area contributed by atoms with E-state index < -0.39 is 6.04 Å². The topological polar surface area (TPSA) is 62.2 Å². The normalized spacial score (nSPS) is 12.1. The summed E-state index contributed by atoms with van der Waals surface area (Å²) >= 11 is 0. The Morgan fingerprint density at radius 1 is 1.09 bits per heavy atom. The van der Waals surface area contributed by atoms with E-state index in [9.17, 15) is 9.90 Å². The van der Waals surface area contributed by atoms with E-state index in [2.05, 4.69) is 10.3 Å². The molecule has 2 aromatic carbocycles. The molecule has 3 aromatic rings. The van der Waals surface area contributed by atoms with Gasteiger partial charge in [0, 0.05) is 24.1 Å². The SMILES string of the molecule is CC(=O)N[C@@H](c1ccccc1C)c1ccc2cccnc2c1O. The van der Waals surface area contributed by atoms with Gasteiger partial charge in [0.1, 0.15) is 11.3 Å². The molecule has 1 heterocycles. The number of pyridine rings is 1. The number of carbonyl (C=O) groups is 1. The van der Waals surface area contributed by atoms with Gasteiger partial charge >= 0.3 is 0 Å². The third-order valence-corrected chi connectivity index (χ3v) is 3.94. The fraction of sp³-hybridized carbons (Fsp3) is 0.158. The lowest BCUT2D eigenvalue weighted by atomic mass is 9.93. The number of aryl methyl sites for hydroxylation is 1. The third-order valence-electron chi connectivity index (χ3n) is 3.94. The highest BCUT2D eigenvalue weighted by Gasteiger charge is 2.21. The quantitative estimate of drug-likeness (QED) is 0.779. The lowest BCUT2D eigenvalue weighted by Gasteiger charge is -2.22. The summed E-state index contributed by atoms with van der Waals surface area (Å²) < 4.78 is 0. The predicted octanol–water partition coefficient (Wildman–Crippen LogP) is 3.47. The van der Waals surface area contributed by atoms with Crippen molar-refractivity contribution in [1.82, 2.24) is 10.3 Å². The Balaban J connectivity index is 2.19. The molecule has 0 aliphatic heterocycles. The first-order chi connectivity index (χ1) is 11.1. The Hall–Kier alpha value is -2.88. The smallest absolute Gasteiger partial charge is 0.217 e. The Labute approximate surface area is 134 Å². The first-order valence-electron chi connectivity index (χ1n) is 7.47. The molecule has 4 heteroatoms. The first-order valence-corrected chi connectivity index (χ1v) is 7.47. The fourth-order valence-corrected chi connectivity index (χ4v) is 2.82. The molecule has 0 saturated heterocycles. The van der Waals surface area contributed by atoms with Crippen molar-refractivity contribution in [3.8, 4) is 5.75 Å². The van der Waals surface area contributed by atoms with Gasteiger partial charge in [-0.15, -0.1) is 0 Å². The van der Waals surface area contributed by atoms with E-state index in [4.69, 9.17) is 0 Å². The molecular formula is C19H18N2O2. The minimum atomic E-state index is -0.417. The van der Waals surface area contributed by atoms with Gasteiger partial charge < -0.3 is 10.4 Å². The number of amides is 1. The van der Waals surface area contributed by atoms with Crippen LogP contribution in [-0.4, -0.2) is 16.0 Å². The molecule has 4 nitrogen and oxygen atoms in total. The van der Waals surface area contributed by atoms with Crippen LogP contribution < -0.4 is 5.32 Å². The molecule has 116 valence electrons. The van der Waals surface area contributed by atoms with Gasteiger partial charge in [-0.3, -0.25) is 9.78 Å². The molecule has 0 spiro atoms. The van der Waals surface area contributed by atoms with E-state index in [1.807, 2.05) is 55.5 Å². The van der Waals surface area contributed by atoms with Crippen LogP contribution in [0.4, 0.5) is 0 Å². The monoisotopic (exact) mass is 306 g/mol. The highest BCUT2D eigenvalue weighted by Crippen LogP contribution is 2.35. The minimum Gasteiger partial charge on any atom is -0.505 e. The molecule has 0 unspecified atom stereocenters. The van der Waals surface area contributed by atoms with Crippen LogP contribution in [0, 0.1) is 6.92 Å². The summed E-state index contributed by atoms with van der Waals surface area (Å²) in [5, 5.41) is 14.5. The van der Waals surface area contributed by atoms with Crippen molar-refractivity contribution in [3.05, 3.63) is 71.4 Å². The van der Waals surface area contributed by atoms with Crippen molar-refractivity contribution in [2.45, 2.75) is 19.9 Å². The minimum absolute atomic E-state index is 0.102. The van der Waals surface area contributed by atoms with E-state index in [1.165, 1.54) is 6.92 Å². The van der Waals surface area contributed by atoms with Gasteiger partial charge in [0.05, 0.1) is 6.04 Å². The van der Waals surface area contributed by atoms with Gasteiger partial charge in [-0.2, -0.15) is 0 Å². The molecule has 0 fully saturated rings. The number of aromatic nitrogens is 1. The van der Waals surface area contributed by atoms with Crippen LogP contribution in [0.25, 0.3) is 10.9 Å². The van der Waals surface area contributed by atoms with Crippen molar-refractivity contribution in [2.24, 2.45) is 0 Å². The number of rotatable bonds is 3. The molecule has 0 bridgehead atoms. The number of hydrogen-bond acceptors (Lipinski definition) is 3. The number of phenols is 1. The summed E-state index contributed by atoms with van der Waals surface area (Å²) in [5.74, 6) is -0.0520. The van der Waals surface area contributed by atoms with Crippen molar-refractivity contribution >= 4 is 16.8 Å². The molecule has 3 rings (SSSR count). The molecular weight excluding hydrogens is 288 g/mol. The standard InChI is InChI=1S/C19H18N2O2/c1-12-6-3-4-8-15(12)18(21-13(2)22)16-10-9-14-7-5-11-20-17(14)19(16)23/h3-11,18,23H,1-2H3,(H,21,22)/t18-/m0/s1. The summed E-state index contributed by atoms with van der Waals surface area (Å²) in [7, 11) is 0. The average molecular weight is 306 g/mol. The van der Waals surface area contributed by atoms with Crippen molar-refractivity contribution in [3.63, 3.8) is 0 Å². The van der Waals surface area contributed by atoms with Crippen LogP contribution in [0.5, 0.6) is 5.75 Å². The van der Waals surface area contributed by atoms with Gasteiger partial charge in [0.15, 0.2) is 0 Å². The maximum atomic E-state index is 11.7. The van der Waals surface area contributed by atoms with Crippen LogP contribution in [0.1, 0.15) is 29.7 Å². The average Bonchev–Trinajstić information content (AvgIpc) is 2.54. The molecule has 0 saturated carbocycles. The van der Waals surface area contributed by atoms with Crippen molar-refractivity contribution < 1.29 is 9.90 Å². The molecule has 1 aromatic heterocycles. The lowest BCUT2D eigenvalue weighted by Crippen LogP contribution is -2.27. The van der Waals surface area contributed by atoms with E-state index >= 15 is 0 Å². The zero-order valence-corrected chi connectivity index (χ0v) is 13.1. The second kappa shape index (κ2) is 6.08. The van der Waals surface area contributed by atoms with Crippen LogP contribution in [0.3, 0.4) is 0 Å². The van der Waals surface area contributed by atoms with Crippen LogP contribution in [0.15, 0.2) is 54.7 Å². The van der Waals surface area contributed by atoms with Crippen LogP contribution >= 0.6 is 0 Å². The second-order valence-corrected chi connectivity index (χ2v) is 5.57. The predicted molar refractivity (Wildman–Crippen MR) is 90.2 cm³/mol. The first kappa shape index (κ1) is 15.0. The van der Waals surface area contributed by atoms with E-state index in [0.717, 1.165) is 16.5 Å². The summed E-state index contributed by atoms with van der Waals surface area (Å²) in [6.45, 7) is 3.46. The van der Waals surface area contributed by atoms with E-state index in [0.29, 0.717) is 11.1 Å². The summed E-state index contributed by atoms with van der Waals surface area (Å²) in [6.07, 6.45) is 1.65. The second-order valence-electron chi connectivity index (χ2n) is 5.57. The number of aromatic hydroxyl groups is 1.